The fourth-order valence-corrected chi connectivity index (χ4v) is 1.37. The Morgan fingerprint density at radius 1 is 1.36 bits per heavy atom. The van der Waals surface area contributed by atoms with E-state index < -0.39 is 0 Å². The van der Waals surface area contributed by atoms with Crippen LogP contribution in [0.2, 0.25) is 0 Å². The molecule has 1 saturated heterocycles. The highest BCUT2D eigenvalue weighted by Crippen LogP contribution is 1.99. The van der Waals surface area contributed by atoms with E-state index in [4.69, 9.17) is 5.11 Å². The summed E-state index contributed by atoms with van der Waals surface area (Å²) in [5.74, 6) is 0. The van der Waals surface area contributed by atoms with Gasteiger partial charge in [0.25, 0.3) is 0 Å². The number of rotatable bonds is 3. The lowest BCUT2D eigenvalue weighted by Crippen LogP contribution is -2.53. The van der Waals surface area contributed by atoms with E-state index in [-0.39, 0.29) is 0 Å². The molecule has 3 nitrogen and oxygen atoms in total. The maximum absolute atomic E-state index is 8.60. The number of hydrogen-bond donors (Lipinski definition) is 3. The molecule has 1 aliphatic heterocycles. The minimum absolute atomic E-state index is 0.313. The highest BCUT2D eigenvalue weighted by Gasteiger charge is 2.15. The first-order valence-corrected chi connectivity index (χ1v) is 4.40. The number of hydrogen-bond acceptors (Lipinski definition) is 3. The van der Waals surface area contributed by atoms with Crippen LogP contribution in [-0.4, -0.2) is 36.9 Å². The third-order valence-electron chi connectivity index (χ3n) is 2.14. The quantitative estimate of drug-likeness (QED) is 0.529. The van der Waals surface area contributed by atoms with Crippen LogP contribution in [0, 0.1) is 0 Å². The van der Waals surface area contributed by atoms with Crippen LogP contribution < -0.4 is 10.6 Å². The molecular weight excluding hydrogens is 140 g/mol. The zero-order valence-electron chi connectivity index (χ0n) is 7.14. The second-order valence-electron chi connectivity index (χ2n) is 3.28. The number of aliphatic hydroxyl groups is 1. The molecule has 0 aromatic heterocycles. The van der Waals surface area contributed by atoms with Crippen LogP contribution in [0.1, 0.15) is 19.8 Å². The minimum Gasteiger partial charge on any atom is -0.396 e. The Kier molecular flexibility index (Phi) is 3.83. The van der Waals surface area contributed by atoms with Crippen molar-refractivity contribution in [2.45, 2.75) is 31.8 Å². The summed E-state index contributed by atoms with van der Waals surface area (Å²) in [5.41, 5.74) is 0. The van der Waals surface area contributed by atoms with Crippen molar-refractivity contribution >= 4 is 0 Å². The first-order valence-electron chi connectivity index (χ1n) is 4.40. The lowest BCUT2D eigenvalue weighted by Gasteiger charge is -2.28. The van der Waals surface area contributed by atoms with Gasteiger partial charge in [-0.1, -0.05) is 0 Å². The summed E-state index contributed by atoms with van der Waals surface area (Å²) in [6.07, 6.45) is 1.99. The predicted octanol–water partition coefficient (Wildman–Crippen LogP) is -0.291. The van der Waals surface area contributed by atoms with E-state index >= 15 is 0 Å². The zero-order valence-corrected chi connectivity index (χ0v) is 7.14. The molecule has 66 valence electrons. The summed E-state index contributed by atoms with van der Waals surface area (Å²) in [4.78, 5) is 0. The standard InChI is InChI=1S/C8H18N2O/c1-7-5-10-8(6-9-7)3-2-4-11/h7-11H,2-6H2,1H3. The molecule has 0 aromatic rings. The normalized spacial score (nSPS) is 32.2. The molecule has 0 radical (unpaired) electrons. The van der Waals surface area contributed by atoms with Crippen LogP contribution in [0.3, 0.4) is 0 Å². The zero-order chi connectivity index (χ0) is 8.10. The van der Waals surface area contributed by atoms with Gasteiger partial charge in [-0.2, -0.15) is 0 Å². The van der Waals surface area contributed by atoms with Crippen molar-refractivity contribution in [2.24, 2.45) is 0 Å². The Hall–Kier alpha value is -0.120. The third kappa shape index (κ3) is 3.18. The Labute approximate surface area is 68.2 Å². The molecule has 11 heavy (non-hydrogen) atoms. The van der Waals surface area contributed by atoms with Crippen molar-refractivity contribution in [3.05, 3.63) is 0 Å². The molecule has 0 saturated carbocycles. The fraction of sp³-hybridized carbons (Fsp3) is 1.00. The minimum atomic E-state index is 0.313. The molecule has 3 N–H and O–H groups in total. The predicted molar refractivity (Wildman–Crippen MR) is 45.6 cm³/mol. The lowest BCUT2D eigenvalue weighted by molar-refractivity contribution is 0.263. The average Bonchev–Trinajstić information content (AvgIpc) is 2.04. The molecule has 1 aliphatic rings. The molecular formula is C8H18N2O. The van der Waals surface area contributed by atoms with Gasteiger partial charge in [0.1, 0.15) is 0 Å². The summed E-state index contributed by atoms with van der Waals surface area (Å²) < 4.78 is 0. The van der Waals surface area contributed by atoms with Gasteiger partial charge in [0.05, 0.1) is 0 Å². The molecule has 3 heteroatoms. The maximum atomic E-state index is 8.60. The van der Waals surface area contributed by atoms with Crippen LogP contribution in [0.4, 0.5) is 0 Å². The van der Waals surface area contributed by atoms with E-state index in [1.54, 1.807) is 0 Å². The van der Waals surface area contributed by atoms with Crippen LogP contribution in [-0.2, 0) is 0 Å². The van der Waals surface area contributed by atoms with Crippen LogP contribution in [0.15, 0.2) is 0 Å². The van der Waals surface area contributed by atoms with Crippen molar-refractivity contribution in [1.29, 1.82) is 0 Å². The second-order valence-corrected chi connectivity index (χ2v) is 3.28. The third-order valence-corrected chi connectivity index (χ3v) is 2.14. The summed E-state index contributed by atoms with van der Waals surface area (Å²) in [6.45, 7) is 4.58. The molecule has 1 heterocycles. The van der Waals surface area contributed by atoms with Gasteiger partial charge in [-0.05, 0) is 19.8 Å². The van der Waals surface area contributed by atoms with E-state index in [9.17, 15) is 0 Å². The van der Waals surface area contributed by atoms with Gasteiger partial charge >= 0.3 is 0 Å². The van der Waals surface area contributed by atoms with E-state index in [1.807, 2.05) is 0 Å². The Morgan fingerprint density at radius 2 is 2.18 bits per heavy atom. The summed E-state index contributed by atoms with van der Waals surface area (Å²) in [7, 11) is 0. The first-order chi connectivity index (χ1) is 5.33. The summed E-state index contributed by atoms with van der Waals surface area (Å²) in [5, 5.41) is 15.4. The van der Waals surface area contributed by atoms with E-state index in [1.165, 1.54) is 0 Å². The van der Waals surface area contributed by atoms with Gasteiger partial charge in [0.2, 0.25) is 0 Å². The molecule has 0 amide bonds. The van der Waals surface area contributed by atoms with Crippen LogP contribution in [0.25, 0.3) is 0 Å². The fourth-order valence-electron chi connectivity index (χ4n) is 1.37. The molecule has 1 rings (SSSR count). The topological polar surface area (TPSA) is 44.3 Å². The van der Waals surface area contributed by atoms with Crippen LogP contribution >= 0.6 is 0 Å². The number of aliphatic hydroxyl groups excluding tert-OH is 1. The molecule has 2 unspecified atom stereocenters. The van der Waals surface area contributed by atoms with Gasteiger partial charge in [-0.25, -0.2) is 0 Å². The monoisotopic (exact) mass is 158 g/mol. The van der Waals surface area contributed by atoms with Crippen molar-refractivity contribution in [2.75, 3.05) is 19.7 Å². The van der Waals surface area contributed by atoms with E-state index in [2.05, 4.69) is 17.6 Å². The summed E-state index contributed by atoms with van der Waals surface area (Å²) in [6, 6.07) is 1.17. The highest BCUT2D eigenvalue weighted by molar-refractivity contribution is 4.79. The van der Waals surface area contributed by atoms with Crippen molar-refractivity contribution in [3.8, 4) is 0 Å². The van der Waals surface area contributed by atoms with Gasteiger partial charge < -0.3 is 15.7 Å². The van der Waals surface area contributed by atoms with Crippen molar-refractivity contribution in [1.82, 2.24) is 10.6 Å². The maximum Gasteiger partial charge on any atom is 0.0431 e. The van der Waals surface area contributed by atoms with Crippen molar-refractivity contribution in [3.63, 3.8) is 0 Å². The molecule has 0 aromatic carbocycles. The Bertz CT molecular complexity index is 97.5. The van der Waals surface area contributed by atoms with Gasteiger partial charge in [-0.15, -0.1) is 0 Å². The highest BCUT2D eigenvalue weighted by atomic mass is 16.2. The Balaban J connectivity index is 2.07. The average molecular weight is 158 g/mol. The van der Waals surface area contributed by atoms with E-state index in [0.29, 0.717) is 18.7 Å². The molecule has 0 bridgehead atoms. The van der Waals surface area contributed by atoms with E-state index in [0.717, 1.165) is 25.9 Å². The van der Waals surface area contributed by atoms with Gasteiger partial charge in [0, 0.05) is 31.8 Å². The SMILES string of the molecule is CC1CNC(CCCO)CN1. The lowest BCUT2D eigenvalue weighted by atomic mass is 10.1. The molecule has 0 spiro atoms. The smallest absolute Gasteiger partial charge is 0.0431 e. The molecule has 0 aliphatic carbocycles. The first kappa shape index (κ1) is 8.97. The second kappa shape index (κ2) is 4.70. The van der Waals surface area contributed by atoms with Gasteiger partial charge in [0.15, 0.2) is 0 Å². The largest absolute Gasteiger partial charge is 0.396 e. The Morgan fingerprint density at radius 3 is 2.73 bits per heavy atom. The number of nitrogens with one attached hydrogen (secondary N) is 2. The summed E-state index contributed by atoms with van der Waals surface area (Å²) >= 11 is 0. The molecule has 2 atom stereocenters. The number of piperazine rings is 1. The van der Waals surface area contributed by atoms with Gasteiger partial charge in [-0.3, -0.25) is 0 Å². The molecule has 1 fully saturated rings. The van der Waals surface area contributed by atoms with Crippen LogP contribution in [0.5, 0.6) is 0 Å². The van der Waals surface area contributed by atoms with Crippen molar-refractivity contribution < 1.29 is 5.11 Å².